The fourth-order valence-electron chi connectivity index (χ4n) is 0.599. The van der Waals surface area contributed by atoms with E-state index in [-0.39, 0.29) is 6.61 Å². The van der Waals surface area contributed by atoms with Crippen molar-refractivity contribution in [1.82, 2.24) is 0 Å². The molecule has 0 N–H and O–H groups in total. The summed E-state index contributed by atoms with van der Waals surface area (Å²) >= 11 is 1.91. The Labute approximate surface area is 78.4 Å². The molecule has 12 heavy (non-hydrogen) atoms. The summed E-state index contributed by atoms with van der Waals surface area (Å²) in [6.07, 6.45) is 2.47. The number of carbonyl (C=O) groups is 1. The van der Waals surface area contributed by atoms with E-state index in [2.05, 4.69) is 4.74 Å². The lowest BCUT2D eigenvalue weighted by Gasteiger charge is -2.07. The fraction of sp³-hybridized carbons (Fsp3) is 0.857. The second-order valence-corrected chi connectivity index (χ2v) is 3.34. The van der Waals surface area contributed by atoms with Crippen LogP contribution in [0.5, 0.6) is 0 Å². The molecule has 5 heteroatoms. The Morgan fingerprint density at radius 1 is 1.50 bits per heavy atom. The van der Waals surface area contributed by atoms with Gasteiger partial charge in [-0.15, -0.1) is 0 Å². The van der Waals surface area contributed by atoms with Crippen LogP contribution in [0.15, 0.2) is 0 Å². The minimum atomic E-state index is -3.54. The van der Waals surface area contributed by atoms with Gasteiger partial charge in [0.05, 0.1) is 6.61 Å². The van der Waals surface area contributed by atoms with Crippen molar-refractivity contribution in [1.29, 1.82) is 0 Å². The number of halogens is 3. The molecule has 0 aromatic carbocycles. The van der Waals surface area contributed by atoms with E-state index >= 15 is 0 Å². The Balaban J connectivity index is 3.45. The van der Waals surface area contributed by atoms with Gasteiger partial charge in [0.1, 0.15) is 0 Å². The van der Waals surface area contributed by atoms with E-state index in [0.717, 1.165) is 12.8 Å². The highest BCUT2D eigenvalue weighted by Crippen LogP contribution is 2.23. The van der Waals surface area contributed by atoms with E-state index in [0.29, 0.717) is 6.42 Å². The summed E-state index contributed by atoms with van der Waals surface area (Å²) in [6, 6.07) is 0. The number of alkyl halides is 3. The number of hydrogen-bond acceptors (Lipinski definition) is 2. The maximum Gasteiger partial charge on any atom is 0.395 e. The van der Waals surface area contributed by atoms with Crippen LogP contribution in [-0.4, -0.2) is 17.4 Å². The van der Waals surface area contributed by atoms with Crippen LogP contribution >= 0.6 is 15.9 Å². The quantitative estimate of drug-likeness (QED) is 0.423. The average Bonchev–Trinajstić information content (AvgIpc) is 1.96. The van der Waals surface area contributed by atoms with Gasteiger partial charge in [-0.25, -0.2) is 4.79 Å². The zero-order valence-corrected chi connectivity index (χ0v) is 8.36. The van der Waals surface area contributed by atoms with Crippen molar-refractivity contribution >= 4 is 21.9 Å². The van der Waals surface area contributed by atoms with Crippen molar-refractivity contribution in [3.05, 3.63) is 0 Å². The maximum absolute atomic E-state index is 12.1. The lowest BCUT2D eigenvalue weighted by Crippen LogP contribution is -2.23. The lowest BCUT2D eigenvalue weighted by atomic mass is 10.3. The van der Waals surface area contributed by atoms with Gasteiger partial charge in [0.2, 0.25) is 0 Å². The van der Waals surface area contributed by atoms with E-state index in [9.17, 15) is 13.6 Å². The Bertz CT molecular complexity index is 145. The maximum atomic E-state index is 12.1. The molecule has 0 atom stereocenters. The third-order valence-corrected chi connectivity index (χ3v) is 1.54. The van der Waals surface area contributed by atoms with E-state index in [1.807, 2.05) is 22.9 Å². The molecule has 0 aliphatic rings. The third-order valence-electron chi connectivity index (χ3n) is 1.21. The Morgan fingerprint density at radius 3 is 2.50 bits per heavy atom. The molecule has 0 saturated carbocycles. The van der Waals surface area contributed by atoms with Crippen molar-refractivity contribution in [2.45, 2.75) is 31.0 Å². The number of rotatable bonds is 5. The fourth-order valence-corrected chi connectivity index (χ4v) is 0.713. The summed E-state index contributed by atoms with van der Waals surface area (Å²) in [5.74, 6) is -1.52. The summed E-state index contributed by atoms with van der Waals surface area (Å²) in [5.41, 5.74) is 0. The molecule has 0 spiro atoms. The normalized spacial score (nSPS) is 11.3. The van der Waals surface area contributed by atoms with Crippen LogP contribution in [0.25, 0.3) is 0 Å². The molecule has 0 rings (SSSR count). The molecule has 0 heterocycles. The van der Waals surface area contributed by atoms with Crippen molar-refractivity contribution < 1.29 is 18.3 Å². The molecule has 0 aliphatic carbocycles. The minimum absolute atomic E-state index is 0.0634. The van der Waals surface area contributed by atoms with Crippen molar-refractivity contribution in [3.8, 4) is 0 Å². The Kier molecular flexibility index (Phi) is 5.37. The van der Waals surface area contributed by atoms with Crippen LogP contribution in [0.2, 0.25) is 0 Å². The largest absolute Gasteiger partial charge is 0.461 e. The van der Waals surface area contributed by atoms with Gasteiger partial charge in [0, 0.05) is 15.9 Å². The average molecular weight is 245 g/mol. The first-order valence-corrected chi connectivity index (χ1v) is 4.51. The SMILES string of the molecule is CCCCCOC(=O)C(F)(F)Br. The molecule has 72 valence electrons. The standard InChI is InChI=1S/C7H11BrF2O2/c1-2-3-4-5-12-6(11)7(8,9)10/h2-5H2,1H3. The number of hydrogen-bond donors (Lipinski definition) is 0. The van der Waals surface area contributed by atoms with Gasteiger partial charge in [-0.05, 0) is 6.42 Å². The van der Waals surface area contributed by atoms with E-state index < -0.39 is 10.8 Å². The van der Waals surface area contributed by atoms with Crippen molar-refractivity contribution in [3.63, 3.8) is 0 Å². The molecular formula is C7H11BrF2O2. The molecule has 0 aromatic rings. The molecule has 0 amide bonds. The summed E-state index contributed by atoms with van der Waals surface area (Å²) in [6.45, 7) is 2.04. The first-order chi connectivity index (χ1) is 5.48. The van der Waals surface area contributed by atoms with E-state index in [1.165, 1.54) is 0 Å². The highest BCUT2D eigenvalue weighted by molar-refractivity contribution is 9.10. The second-order valence-electron chi connectivity index (χ2n) is 2.34. The minimum Gasteiger partial charge on any atom is -0.461 e. The molecule has 0 bridgehead atoms. The Morgan fingerprint density at radius 2 is 2.08 bits per heavy atom. The van der Waals surface area contributed by atoms with Gasteiger partial charge < -0.3 is 4.74 Å². The predicted octanol–water partition coefficient (Wildman–Crippen LogP) is 2.71. The number of ether oxygens (including phenoxy) is 1. The zero-order valence-electron chi connectivity index (χ0n) is 6.78. The summed E-state index contributed by atoms with van der Waals surface area (Å²) in [5, 5.41) is 0. The molecule has 0 aliphatic heterocycles. The highest BCUT2D eigenvalue weighted by Gasteiger charge is 2.36. The number of esters is 1. The Hall–Kier alpha value is -0.190. The van der Waals surface area contributed by atoms with Crippen molar-refractivity contribution in [2.24, 2.45) is 0 Å². The van der Waals surface area contributed by atoms with Gasteiger partial charge in [-0.3, -0.25) is 0 Å². The first-order valence-electron chi connectivity index (χ1n) is 3.72. The van der Waals surface area contributed by atoms with Gasteiger partial charge in [0.15, 0.2) is 0 Å². The molecular weight excluding hydrogens is 234 g/mol. The third kappa shape index (κ3) is 5.46. The van der Waals surface area contributed by atoms with Crippen LogP contribution in [0, 0.1) is 0 Å². The molecule has 0 aromatic heterocycles. The molecule has 0 unspecified atom stereocenters. The summed E-state index contributed by atoms with van der Waals surface area (Å²) in [7, 11) is 0. The molecule has 0 fully saturated rings. The summed E-state index contributed by atoms with van der Waals surface area (Å²) in [4.78, 5) is 6.87. The highest BCUT2D eigenvalue weighted by atomic mass is 79.9. The van der Waals surface area contributed by atoms with Gasteiger partial charge in [0.25, 0.3) is 0 Å². The first kappa shape index (κ1) is 11.8. The van der Waals surface area contributed by atoms with Crippen LogP contribution in [-0.2, 0) is 9.53 Å². The molecule has 0 saturated heterocycles. The van der Waals surface area contributed by atoms with Gasteiger partial charge >= 0.3 is 10.8 Å². The van der Waals surface area contributed by atoms with E-state index in [1.54, 1.807) is 0 Å². The number of unbranched alkanes of at least 4 members (excludes halogenated alkanes) is 2. The van der Waals surface area contributed by atoms with Crippen molar-refractivity contribution in [2.75, 3.05) is 6.61 Å². The number of carbonyl (C=O) groups excluding carboxylic acids is 1. The lowest BCUT2D eigenvalue weighted by molar-refractivity contribution is -0.159. The molecule has 2 nitrogen and oxygen atoms in total. The smallest absolute Gasteiger partial charge is 0.395 e. The van der Waals surface area contributed by atoms with Crippen LogP contribution < -0.4 is 0 Å². The monoisotopic (exact) mass is 244 g/mol. The zero-order chi connectivity index (χ0) is 9.61. The second kappa shape index (κ2) is 5.45. The topological polar surface area (TPSA) is 26.3 Å². The van der Waals surface area contributed by atoms with E-state index in [4.69, 9.17) is 0 Å². The van der Waals surface area contributed by atoms with Gasteiger partial charge in [-0.1, -0.05) is 19.8 Å². The molecule has 0 radical (unpaired) electrons. The predicted molar refractivity (Wildman–Crippen MR) is 44.4 cm³/mol. The van der Waals surface area contributed by atoms with Crippen LogP contribution in [0.1, 0.15) is 26.2 Å². The van der Waals surface area contributed by atoms with Crippen LogP contribution in [0.3, 0.4) is 0 Å². The van der Waals surface area contributed by atoms with Crippen LogP contribution in [0.4, 0.5) is 8.78 Å². The summed E-state index contributed by atoms with van der Waals surface area (Å²) < 4.78 is 28.4. The van der Waals surface area contributed by atoms with Gasteiger partial charge in [-0.2, -0.15) is 8.78 Å².